The number of carbonyl (C=O) groups excluding carboxylic acids is 2. The van der Waals surface area contributed by atoms with Crippen molar-refractivity contribution in [1.29, 1.82) is 0 Å². The van der Waals surface area contributed by atoms with Crippen LogP contribution in [0.3, 0.4) is 0 Å². The van der Waals surface area contributed by atoms with Crippen LogP contribution in [0.4, 0.5) is 0 Å². The van der Waals surface area contributed by atoms with E-state index < -0.39 is 20.2 Å². The molecule has 2 amide bonds. The summed E-state index contributed by atoms with van der Waals surface area (Å²) in [5, 5.41) is 2.02. The third kappa shape index (κ3) is 5.80. The Bertz CT molecular complexity index is 445. The molecule has 2 heterocycles. The minimum Gasteiger partial charge on any atom is -0.355 e. The van der Waals surface area contributed by atoms with Gasteiger partial charge in [0.2, 0.25) is 6.41 Å². The van der Waals surface area contributed by atoms with Crippen LogP contribution in [-0.2, 0) is 27.9 Å². The fourth-order valence-corrected chi connectivity index (χ4v) is 3.25. The fourth-order valence-electron chi connectivity index (χ4n) is 2.15. The van der Waals surface area contributed by atoms with Crippen molar-refractivity contribution >= 4 is 20.9 Å². The second kappa shape index (κ2) is 8.68. The minimum atomic E-state index is -1.34. The van der Waals surface area contributed by atoms with Gasteiger partial charge >= 0.3 is 8.60 Å². The van der Waals surface area contributed by atoms with Gasteiger partial charge in [0.15, 0.2) is 0 Å². The number of nitrogens with one attached hydrogen (secondary N) is 1. The monoisotopic (exact) mass is 347 g/mol. The maximum absolute atomic E-state index is 11.2. The van der Waals surface area contributed by atoms with E-state index >= 15 is 0 Å². The van der Waals surface area contributed by atoms with Gasteiger partial charge in [0.1, 0.15) is 12.0 Å². The Morgan fingerprint density at radius 3 is 2.96 bits per heavy atom. The molecule has 2 saturated heterocycles. The van der Waals surface area contributed by atoms with Crippen molar-refractivity contribution in [3.8, 4) is 0 Å². The molecule has 2 fully saturated rings. The highest BCUT2D eigenvalue weighted by Crippen LogP contribution is 2.43. The number of carbonyl (C=O) groups is 2. The largest absolute Gasteiger partial charge is 0.355 e. The van der Waals surface area contributed by atoms with Crippen molar-refractivity contribution in [1.82, 2.24) is 10.2 Å². The van der Waals surface area contributed by atoms with Gasteiger partial charge < -0.3 is 28.9 Å². The van der Waals surface area contributed by atoms with Crippen LogP contribution in [0.15, 0.2) is 12.3 Å². The molecule has 1 unspecified atom stereocenters. The molecule has 2 atom stereocenters. The van der Waals surface area contributed by atoms with Gasteiger partial charge in [-0.3, -0.25) is 14.9 Å². The zero-order valence-electron chi connectivity index (χ0n) is 13.0. The lowest BCUT2D eigenvalue weighted by molar-refractivity contribution is -0.121. The molecular weight excluding hydrogens is 325 g/mol. The summed E-state index contributed by atoms with van der Waals surface area (Å²) in [5.41, 5.74) is 5.27. The average molecular weight is 347 g/mol. The van der Waals surface area contributed by atoms with Gasteiger partial charge in [0.25, 0.3) is 5.91 Å². The predicted molar refractivity (Wildman–Crippen MR) is 81.5 cm³/mol. The summed E-state index contributed by atoms with van der Waals surface area (Å²) in [6.07, 6.45) is 5.01. The van der Waals surface area contributed by atoms with Crippen LogP contribution in [0, 0.1) is 0 Å². The third-order valence-corrected chi connectivity index (χ3v) is 4.52. The smallest absolute Gasteiger partial charge is 0.332 e. The van der Waals surface area contributed by atoms with Gasteiger partial charge in [-0.15, -0.1) is 0 Å². The molecule has 130 valence electrons. The summed E-state index contributed by atoms with van der Waals surface area (Å²) in [5.74, 6) is -0.499. The summed E-state index contributed by atoms with van der Waals surface area (Å²) < 4.78 is 22.1. The Balaban J connectivity index is 1.76. The summed E-state index contributed by atoms with van der Waals surface area (Å²) in [6.45, 7) is 1.44. The fraction of sp³-hybridized carbons (Fsp3) is 0.692. The molecule has 10 heteroatoms. The van der Waals surface area contributed by atoms with Crippen LogP contribution in [0.2, 0.25) is 0 Å². The van der Waals surface area contributed by atoms with Crippen molar-refractivity contribution < 1.29 is 27.9 Å². The quantitative estimate of drug-likeness (QED) is 0.381. The molecule has 0 aliphatic carbocycles. The molecule has 0 aromatic heterocycles. The molecule has 0 bridgehead atoms. The normalized spacial score (nSPS) is 28.9. The third-order valence-electron chi connectivity index (χ3n) is 3.40. The molecule has 3 N–H and O–H groups in total. The molecule has 0 aromatic rings. The van der Waals surface area contributed by atoms with E-state index in [0.29, 0.717) is 32.5 Å². The van der Waals surface area contributed by atoms with Crippen LogP contribution in [0.5, 0.6) is 0 Å². The van der Waals surface area contributed by atoms with E-state index in [1.54, 1.807) is 11.9 Å². The minimum absolute atomic E-state index is 0.179. The topological polar surface area (TPSA) is 112 Å². The molecule has 2 aliphatic heterocycles. The molecule has 23 heavy (non-hydrogen) atoms. The average Bonchev–Trinajstić information content (AvgIpc) is 2.95. The Hall–Kier alpha value is -1.09. The van der Waals surface area contributed by atoms with Gasteiger partial charge in [-0.25, -0.2) is 0 Å². The Morgan fingerprint density at radius 1 is 1.52 bits per heavy atom. The lowest BCUT2D eigenvalue weighted by Crippen LogP contribution is -2.45. The van der Waals surface area contributed by atoms with Crippen molar-refractivity contribution in [2.45, 2.75) is 31.2 Å². The van der Waals surface area contributed by atoms with E-state index in [2.05, 4.69) is 0 Å². The van der Waals surface area contributed by atoms with Gasteiger partial charge in [-0.05, 0) is 19.3 Å². The number of amides is 2. The van der Waals surface area contributed by atoms with Gasteiger partial charge in [0, 0.05) is 19.3 Å². The first-order valence-electron chi connectivity index (χ1n) is 7.32. The standard InChI is InChI=1S/C13H22N3O6P/c1-16(6-4-11(18)15-10-17)12-3-5-13(14,22-12)9-21-23-19-7-2-8-20-23/h4,6,10,12H,2-3,5,7-9,14H2,1H3,(H,15,17,18)/b6-4-/t12?,13-/m0/s1. The highest BCUT2D eigenvalue weighted by molar-refractivity contribution is 7.41. The second-order valence-electron chi connectivity index (χ2n) is 5.30. The zero-order chi connectivity index (χ0) is 16.7. The summed E-state index contributed by atoms with van der Waals surface area (Å²) >= 11 is 0. The summed E-state index contributed by atoms with van der Waals surface area (Å²) in [6, 6.07) is 0. The second-order valence-corrected chi connectivity index (χ2v) is 6.52. The number of nitrogens with two attached hydrogens (primary N) is 1. The van der Waals surface area contributed by atoms with Gasteiger partial charge in [-0.1, -0.05) is 0 Å². The van der Waals surface area contributed by atoms with Crippen molar-refractivity contribution in [3.05, 3.63) is 12.3 Å². The van der Waals surface area contributed by atoms with Crippen molar-refractivity contribution in [2.75, 3.05) is 26.9 Å². The Kier molecular flexibility index (Phi) is 6.88. The number of hydrogen-bond donors (Lipinski definition) is 2. The van der Waals surface area contributed by atoms with Crippen LogP contribution in [0.1, 0.15) is 19.3 Å². The van der Waals surface area contributed by atoms with E-state index in [0.717, 1.165) is 6.42 Å². The molecule has 2 rings (SSSR count). The molecule has 9 nitrogen and oxygen atoms in total. The number of nitrogens with zero attached hydrogens (tertiary/aromatic N) is 1. The van der Waals surface area contributed by atoms with E-state index in [1.165, 1.54) is 12.3 Å². The maximum Gasteiger partial charge on any atom is 0.332 e. The van der Waals surface area contributed by atoms with E-state index in [1.807, 2.05) is 5.32 Å². The van der Waals surface area contributed by atoms with E-state index in [9.17, 15) is 9.59 Å². The van der Waals surface area contributed by atoms with Crippen molar-refractivity contribution in [2.24, 2.45) is 5.73 Å². The lowest BCUT2D eigenvalue weighted by atomic mass is 10.1. The predicted octanol–water partition coefficient (Wildman–Crippen LogP) is 0.176. The Labute approximate surface area is 136 Å². The number of ether oxygens (including phenoxy) is 1. The molecule has 2 aliphatic rings. The molecule has 0 spiro atoms. The first kappa shape index (κ1) is 18.3. The first-order valence-corrected chi connectivity index (χ1v) is 8.42. The number of hydrogen-bond acceptors (Lipinski definition) is 8. The lowest BCUT2D eigenvalue weighted by Gasteiger charge is -2.29. The van der Waals surface area contributed by atoms with Gasteiger partial charge in [-0.2, -0.15) is 0 Å². The zero-order valence-corrected chi connectivity index (χ0v) is 13.9. The molecular formula is C13H22N3O6P. The Morgan fingerprint density at radius 2 is 2.26 bits per heavy atom. The number of imide groups is 1. The highest BCUT2D eigenvalue weighted by Gasteiger charge is 2.39. The SMILES string of the molecule is CN(/C=C\C(=O)NC=O)C1CC[C@@](N)(COP2OCCCO2)O1. The summed E-state index contributed by atoms with van der Waals surface area (Å²) in [7, 11) is 0.421. The van der Waals surface area contributed by atoms with Crippen LogP contribution < -0.4 is 11.1 Å². The van der Waals surface area contributed by atoms with Crippen LogP contribution in [-0.4, -0.2) is 56.0 Å². The van der Waals surface area contributed by atoms with Crippen LogP contribution >= 0.6 is 8.60 Å². The van der Waals surface area contributed by atoms with Crippen molar-refractivity contribution in [3.63, 3.8) is 0 Å². The van der Waals surface area contributed by atoms with Crippen LogP contribution in [0.25, 0.3) is 0 Å². The highest BCUT2D eigenvalue weighted by atomic mass is 31.2. The summed E-state index contributed by atoms with van der Waals surface area (Å²) in [4.78, 5) is 23.1. The number of rotatable bonds is 7. The molecule has 0 saturated carbocycles. The maximum atomic E-state index is 11.2. The van der Waals surface area contributed by atoms with E-state index in [-0.39, 0.29) is 12.8 Å². The first-order chi connectivity index (χ1) is 11.0. The van der Waals surface area contributed by atoms with Gasteiger partial charge in [0.05, 0.1) is 19.8 Å². The molecule has 0 radical (unpaired) electrons. The van der Waals surface area contributed by atoms with E-state index in [4.69, 9.17) is 24.0 Å². The molecule has 0 aromatic carbocycles.